The average Bonchev–Trinajstić information content (AvgIpc) is 2.89. The molecule has 0 aliphatic carbocycles. The van der Waals surface area contributed by atoms with Crippen LogP contribution in [0.3, 0.4) is 0 Å². The van der Waals surface area contributed by atoms with Crippen molar-refractivity contribution < 1.29 is 18.7 Å². The van der Waals surface area contributed by atoms with Gasteiger partial charge in [-0.15, -0.1) is 0 Å². The lowest BCUT2D eigenvalue weighted by Gasteiger charge is -2.39. The van der Waals surface area contributed by atoms with E-state index in [0.29, 0.717) is 12.0 Å². The first-order valence-electron chi connectivity index (χ1n) is 9.53. The van der Waals surface area contributed by atoms with Crippen molar-refractivity contribution in [1.82, 2.24) is 5.32 Å². The molecule has 0 aromatic heterocycles. The van der Waals surface area contributed by atoms with E-state index in [2.05, 4.69) is 5.32 Å². The van der Waals surface area contributed by atoms with Gasteiger partial charge in [0, 0.05) is 22.5 Å². The highest BCUT2D eigenvalue weighted by molar-refractivity contribution is 6.31. The summed E-state index contributed by atoms with van der Waals surface area (Å²) >= 11 is 11.9. The molecule has 4 nitrogen and oxygen atoms in total. The van der Waals surface area contributed by atoms with E-state index in [0.717, 1.165) is 12.1 Å². The summed E-state index contributed by atoms with van der Waals surface area (Å²) in [5.74, 6) is -3.31. The Balaban J connectivity index is 2.27. The number of aliphatic carboxylic acids is 1. The summed E-state index contributed by atoms with van der Waals surface area (Å²) in [6, 6.07) is 6.41. The van der Waals surface area contributed by atoms with E-state index >= 15 is 4.39 Å². The van der Waals surface area contributed by atoms with Gasteiger partial charge in [0.15, 0.2) is 0 Å². The van der Waals surface area contributed by atoms with Crippen LogP contribution in [0.4, 0.5) is 8.78 Å². The second-order valence-corrected chi connectivity index (χ2v) is 9.85. The molecule has 4 atom stereocenters. The Kier molecular flexibility index (Phi) is 6.18. The maximum absolute atomic E-state index is 15.1. The number of nitrogens with two attached hydrogens (primary N) is 1. The molecule has 0 bridgehead atoms. The number of hydrogen-bond acceptors (Lipinski definition) is 3. The quantitative estimate of drug-likeness (QED) is 0.599. The molecule has 1 fully saturated rings. The fraction of sp³-hybridized carbons (Fsp3) is 0.409. The standard InChI is InChI=1S/C22H24Cl2F2N2O2/c1-21(2,3)10-17-22(27,13-6-5-12(23)9-16(13)26)18(19(28-17)20(29)30)11-4-7-15(25)14(24)8-11/h4-9,17-19,28H,10,27H2,1-3H3,(H,29,30). The third-order valence-electron chi connectivity index (χ3n) is 5.59. The number of nitrogens with one attached hydrogen (secondary N) is 1. The number of rotatable bonds is 4. The Morgan fingerprint density at radius 2 is 1.83 bits per heavy atom. The third kappa shape index (κ3) is 4.19. The van der Waals surface area contributed by atoms with Gasteiger partial charge in [-0.2, -0.15) is 0 Å². The lowest BCUT2D eigenvalue weighted by Crippen LogP contribution is -2.52. The predicted molar refractivity (Wildman–Crippen MR) is 114 cm³/mol. The zero-order chi connectivity index (χ0) is 22.4. The Morgan fingerprint density at radius 3 is 2.37 bits per heavy atom. The van der Waals surface area contributed by atoms with Gasteiger partial charge in [0.2, 0.25) is 0 Å². The van der Waals surface area contributed by atoms with Crippen molar-refractivity contribution in [3.63, 3.8) is 0 Å². The number of benzene rings is 2. The molecule has 4 N–H and O–H groups in total. The zero-order valence-electron chi connectivity index (χ0n) is 16.8. The molecule has 2 aromatic rings. The van der Waals surface area contributed by atoms with Crippen LogP contribution in [0, 0.1) is 17.0 Å². The number of carboxylic acid groups (broad SMARTS) is 1. The molecule has 1 saturated heterocycles. The highest BCUT2D eigenvalue weighted by atomic mass is 35.5. The van der Waals surface area contributed by atoms with Crippen LogP contribution < -0.4 is 11.1 Å². The minimum Gasteiger partial charge on any atom is -0.480 e. The summed E-state index contributed by atoms with van der Waals surface area (Å²) in [5.41, 5.74) is 5.80. The molecule has 30 heavy (non-hydrogen) atoms. The van der Waals surface area contributed by atoms with Gasteiger partial charge in [-0.3, -0.25) is 10.1 Å². The highest BCUT2D eigenvalue weighted by Crippen LogP contribution is 2.49. The first-order chi connectivity index (χ1) is 13.8. The molecule has 1 aliphatic heterocycles. The molecule has 2 aromatic carbocycles. The molecule has 4 unspecified atom stereocenters. The van der Waals surface area contributed by atoms with Crippen LogP contribution in [0.5, 0.6) is 0 Å². The van der Waals surface area contributed by atoms with Crippen molar-refractivity contribution in [2.75, 3.05) is 0 Å². The Bertz CT molecular complexity index is 980. The summed E-state index contributed by atoms with van der Waals surface area (Å²) in [6.45, 7) is 5.97. The largest absolute Gasteiger partial charge is 0.480 e. The summed E-state index contributed by atoms with van der Waals surface area (Å²) in [6.07, 6.45) is 0.473. The van der Waals surface area contributed by atoms with Gasteiger partial charge in [0.25, 0.3) is 0 Å². The van der Waals surface area contributed by atoms with Crippen LogP contribution >= 0.6 is 23.2 Å². The minimum absolute atomic E-state index is 0.142. The van der Waals surface area contributed by atoms with Crippen molar-refractivity contribution in [3.8, 4) is 0 Å². The van der Waals surface area contributed by atoms with E-state index in [-0.39, 0.29) is 21.0 Å². The van der Waals surface area contributed by atoms with Gasteiger partial charge in [-0.25, -0.2) is 8.78 Å². The molecule has 0 spiro atoms. The zero-order valence-corrected chi connectivity index (χ0v) is 18.4. The van der Waals surface area contributed by atoms with Crippen LogP contribution in [0.25, 0.3) is 0 Å². The molecule has 162 valence electrons. The predicted octanol–water partition coefficient (Wildman–Crippen LogP) is 5.07. The summed E-state index contributed by atoms with van der Waals surface area (Å²) in [4.78, 5) is 12.2. The third-order valence-corrected chi connectivity index (χ3v) is 6.11. The van der Waals surface area contributed by atoms with Crippen LogP contribution in [-0.4, -0.2) is 23.2 Å². The van der Waals surface area contributed by atoms with Crippen molar-refractivity contribution in [1.29, 1.82) is 0 Å². The monoisotopic (exact) mass is 456 g/mol. The molecular weight excluding hydrogens is 433 g/mol. The molecule has 1 aliphatic rings. The van der Waals surface area contributed by atoms with Crippen molar-refractivity contribution in [2.45, 2.75) is 50.7 Å². The van der Waals surface area contributed by atoms with Gasteiger partial charge in [0.05, 0.1) is 10.6 Å². The lowest BCUT2D eigenvalue weighted by molar-refractivity contribution is -0.139. The normalized spacial score (nSPS) is 26.7. The molecule has 0 saturated carbocycles. The first kappa shape index (κ1) is 22.9. The van der Waals surface area contributed by atoms with Crippen LogP contribution in [0.15, 0.2) is 36.4 Å². The van der Waals surface area contributed by atoms with Crippen molar-refractivity contribution >= 4 is 29.2 Å². The SMILES string of the molecule is CC(C)(C)CC1NC(C(=O)O)C(c2ccc(F)c(Cl)c2)C1(N)c1ccc(Cl)cc1F. The molecule has 3 rings (SSSR count). The molecule has 1 heterocycles. The van der Waals surface area contributed by atoms with E-state index in [1.165, 1.54) is 24.3 Å². The Labute approximate surface area is 184 Å². The number of carbonyl (C=O) groups is 1. The van der Waals surface area contributed by atoms with Crippen LogP contribution in [-0.2, 0) is 10.3 Å². The topological polar surface area (TPSA) is 75.3 Å². The van der Waals surface area contributed by atoms with Gasteiger partial charge >= 0.3 is 5.97 Å². The summed E-state index contributed by atoms with van der Waals surface area (Å²) < 4.78 is 28.9. The fourth-order valence-electron chi connectivity index (χ4n) is 4.37. The van der Waals surface area contributed by atoms with E-state index in [9.17, 15) is 14.3 Å². The minimum atomic E-state index is -1.45. The summed E-state index contributed by atoms with van der Waals surface area (Å²) in [7, 11) is 0. The smallest absolute Gasteiger partial charge is 0.321 e. The molecule has 8 heteroatoms. The Morgan fingerprint density at radius 1 is 1.17 bits per heavy atom. The second-order valence-electron chi connectivity index (χ2n) is 9.01. The lowest BCUT2D eigenvalue weighted by atomic mass is 9.68. The first-order valence-corrected chi connectivity index (χ1v) is 10.3. The van der Waals surface area contributed by atoms with Gasteiger partial charge in [0.1, 0.15) is 17.7 Å². The van der Waals surface area contributed by atoms with Crippen LogP contribution in [0.1, 0.15) is 44.2 Å². The number of carboxylic acids is 1. The van der Waals surface area contributed by atoms with Gasteiger partial charge in [-0.05, 0) is 41.7 Å². The number of halogens is 4. The van der Waals surface area contributed by atoms with Crippen molar-refractivity contribution in [2.24, 2.45) is 11.1 Å². The maximum Gasteiger partial charge on any atom is 0.321 e. The van der Waals surface area contributed by atoms with E-state index in [1.807, 2.05) is 20.8 Å². The highest BCUT2D eigenvalue weighted by Gasteiger charge is 2.58. The second kappa shape index (κ2) is 8.08. The van der Waals surface area contributed by atoms with Crippen LogP contribution in [0.2, 0.25) is 10.0 Å². The van der Waals surface area contributed by atoms with E-state index < -0.39 is 41.1 Å². The average molecular weight is 457 g/mol. The molecule has 0 radical (unpaired) electrons. The van der Waals surface area contributed by atoms with Gasteiger partial charge in [-0.1, -0.05) is 56.1 Å². The molecule has 0 amide bonds. The maximum atomic E-state index is 15.1. The van der Waals surface area contributed by atoms with E-state index in [4.69, 9.17) is 28.9 Å². The van der Waals surface area contributed by atoms with E-state index in [1.54, 1.807) is 0 Å². The molecular formula is C22H24Cl2F2N2O2. The fourth-order valence-corrected chi connectivity index (χ4v) is 4.72. The summed E-state index contributed by atoms with van der Waals surface area (Å²) in [5, 5.41) is 13.1. The number of hydrogen-bond donors (Lipinski definition) is 3. The Hall–Kier alpha value is -1.73. The van der Waals surface area contributed by atoms with Crippen molar-refractivity contribution in [3.05, 3.63) is 69.2 Å². The van der Waals surface area contributed by atoms with Gasteiger partial charge < -0.3 is 10.8 Å².